The van der Waals surface area contributed by atoms with Gasteiger partial charge in [0, 0.05) is 6.42 Å². The maximum Gasteiger partial charge on any atom is 0.326 e. The Morgan fingerprint density at radius 1 is 1.33 bits per heavy atom. The molecule has 1 aliphatic rings. The highest BCUT2D eigenvalue weighted by Crippen LogP contribution is 2.12. The number of phenolic OH excluding ortho intramolecular Hbond substituents is 1. The fourth-order valence-corrected chi connectivity index (χ4v) is 2.25. The second kappa shape index (κ2) is 7.61. The number of hydrogen-bond donors (Lipinski definition) is 4. The molecule has 0 spiro atoms. The van der Waals surface area contributed by atoms with Crippen LogP contribution in [0, 0.1) is 0 Å². The van der Waals surface area contributed by atoms with Crippen LogP contribution in [-0.4, -0.2) is 46.2 Å². The first-order valence-electron chi connectivity index (χ1n) is 6.61. The number of aromatic hydroxyl groups is 1. The van der Waals surface area contributed by atoms with Crippen LogP contribution in [0.1, 0.15) is 18.4 Å². The molecule has 116 valence electrons. The summed E-state index contributed by atoms with van der Waals surface area (Å²) in [5.74, 6) is -1.21. The zero-order valence-electron chi connectivity index (χ0n) is 11.5. The van der Waals surface area contributed by atoms with E-state index >= 15 is 0 Å². The molecule has 1 saturated heterocycles. The Hall–Kier alpha value is -2.12. The van der Waals surface area contributed by atoms with Crippen LogP contribution in [-0.2, 0) is 16.0 Å². The first-order valence-corrected chi connectivity index (χ1v) is 6.61. The quantitative estimate of drug-likeness (QED) is 0.578. The lowest BCUT2D eigenvalue weighted by atomic mass is 10.1. The Balaban J connectivity index is 0.00000220. The third-order valence-corrected chi connectivity index (χ3v) is 3.37. The average Bonchev–Trinajstić information content (AvgIpc) is 2.94. The largest absolute Gasteiger partial charge is 0.508 e. The number of carboxylic acids is 1. The van der Waals surface area contributed by atoms with Crippen molar-refractivity contribution in [3.63, 3.8) is 0 Å². The number of carbonyl (C=O) groups is 2. The molecule has 1 aromatic rings. The monoisotopic (exact) mass is 296 g/mol. The Labute approximate surface area is 122 Å². The topological polar surface area (TPSA) is 130 Å². The molecule has 1 fully saturated rings. The van der Waals surface area contributed by atoms with Crippen molar-refractivity contribution in [3.05, 3.63) is 29.8 Å². The Kier molecular flexibility index (Phi) is 6.13. The standard InChI is InChI=1S/C14H18N2O4.H2O/c17-10-5-3-9(4-6-10)8-12(14(19)20)16-13(18)11-2-1-7-15-11;/h3-6,11-12,15,17H,1-2,7-8H2,(H,16,18)(H,19,20);1H2/t11-,12-;/m0./s1. The number of nitrogens with one attached hydrogen (secondary N) is 2. The van der Waals surface area contributed by atoms with Crippen molar-refractivity contribution in [1.29, 1.82) is 0 Å². The van der Waals surface area contributed by atoms with Gasteiger partial charge < -0.3 is 26.3 Å². The van der Waals surface area contributed by atoms with Crippen LogP contribution in [0.4, 0.5) is 0 Å². The van der Waals surface area contributed by atoms with Crippen LogP contribution in [0.5, 0.6) is 5.75 Å². The molecule has 1 amide bonds. The van der Waals surface area contributed by atoms with E-state index in [-0.39, 0.29) is 29.6 Å². The third-order valence-electron chi connectivity index (χ3n) is 3.37. The number of rotatable bonds is 5. The van der Waals surface area contributed by atoms with E-state index in [1.807, 2.05) is 0 Å². The molecule has 1 heterocycles. The fourth-order valence-electron chi connectivity index (χ4n) is 2.25. The van der Waals surface area contributed by atoms with E-state index in [9.17, 15) is 19.8 Å². The van der Waals surface area contributed by atoms with Gasteiger partial charge in [-0.05, 0) is 37.1 Å². The molecule has 0 radical (unpaired) electrons. The van der Waals surface area contributed by atoms with Crippen LogP contribution < -0.4 is 10.6 Å². The minimum atomic E-state index is -1.07. The van der Waals surface area contributed by atoms with E-state index in [0.29, 0.717) is 0 Å². The van der Waals surface area contributed by atoms with E-state index in [4.69, 9.17) is 0 Å². The van der Waals surface area contributed by atoms with Gasteiger partial charge in [0.1, 0.15) is 11.8 Å². The molecule has 6 N–H and O–H groups in total. The molecule has 0 saturated carbocycles. The van der Waals surface area contributed by atoms with Gasteiger partial charge in [-0.3, -0.25) is 4.79 Å². The predicted molar refractivity (Wildman–Crippen MR) is 76.0 cm³/mol. The predicted octanol–water partition coefficient (Wildman–Crippen LogP) is -0.569. The number of aliphatic carboxylic acids is 1. The van der Waals surface area contributed by atoms with Crippen molar-refractivity contribution < 1.29 is 25.3 Å². The van der Waals surface area contributed by atoms with E-state index < -0.39 is 12.0 Å². The number of amides is 1. The van der Waals surface area contributed by atoms with E-state index in [0.717, 1.165) is 24.9 Å². The minimum Gasteiger partial charge on any atom is -0.508 e. The number of hydrogen-bond acceptors (Lipinski definition) is 4. The summed E-state index contributed by atoms with van der Waals surface area (Å²) < 4.78 is 0. The van der Waals surface area contributed by atoms with Crippen LogP contribution in [0.3, 0.4) is 0 Å². The molecular formula is C14H20N2O5. The normalized spacial score (nSPS) is 18.6. The molecule has 2 atom stereocenters. The van der Waals surface area contributed by atoms with Gasteiger partial charge in [-0.25, -0.2) is 4.79 Å². The summed E-state index contributed by atoms with van der Waals surface area (Å²) >= 11 is 0. The summed E-state index contributed by atoms with van der Waals surface area (Å²) in [5.41, 5.74) is 0.745. The second-order valence-corrected chi connectivity index (χ2v) is 4.92. The van der Waals surface area contributed by atoms with Crippen molar-refractivity contribution in [1.82, 2.24) is 10.6 Å². The van der Waals surface area contributed by atoms with Crippen LogP contribution in [0.15, 0.2) is 24.3 Å². The Bertz CT molecular complexity index is 483. The van der Waals surface area contributed by atoms with Crippen molar-refractivity contribution in [2.24, 2.45) is 0 Å². The molecule has 0 unspecified atom stereocenters. The summed E-state index contributed by atoms with van der Waals surface area (Å²) in [6.45, 7) is 0.786. The number of carbonyl (C=O) groups excluding carboxylic acids is 1. The fraction of sp³-hybridized carbons (Fsp3) is 0.429. The Morgan fingerprint density at radius 3 is 2.52 bits per heavy atom. The molecular weight excluding hydrogens is 276 g/mol. The van der Waals surface area contributed by atoms with Gasteiger partial charge in [0.25, 0.3) is 0 Å². The summed E-state index contributed by atoms with van der Waals surface area (Å²) in [5, 5.41) is 24.0. The Morgan fingerprint density at radius 2 is 2.00 bits per heavy atom. The van der Waals surface area contributed by atoms with Gasteiger partial charge in [0.05, 0.1) is 6.04 Å². The van der Waals surface area contributed by atoms with Crippen LogP contribution >= 0.6 is 0 Å². The first-order chi connectivity index (χ1) is 9.56. The lowest BCUT2D eigenvalue weighted by Gasteiger charge is -2.17. The van der Waals surface area contributed by atoms with Crippen molar-refractivity contribution in [2.75, 3.05) is 6.54 Å². The summed E-state index contributed by atoms with van der Waals surface area (Å²) in [7, 11) is 0. The van der Waals surface area contributed by atoms with Gasteiger partial charge in [0.2, 0.25) is 5.91 Å². The van der Waals surface area contributed by atoms with Gasteiger partial charge in [0.15, 0.2) is 0 Å². The molecule has 1 aromatic carbocycles. The summed E-state index contributed by atoms with van der Waals surface area (Å²) in [4.78, 5) is 23.2. The highest BCUT2D eigenvalue weighted by Gasteiger charge is 2.27. The van der Waals surface area contributed by atoms with E-state index in [2.05, 4.69) is 10.6 Å². The minimum absolute atomic E-state index is 0. The molecule has 7 heteroatoms. The molecule has 0 bridgehead atoms. The van der Waals surface area contributed by atoms with Gasteiger partial charge in [-0.2, -0.15) is 0 Å². The lowest BCUT2D eigenvalue weighted by molar-refractivity contribution is -0.142. The van der Waals surface area contributed by atoms with Crippen LogP contribution in [0.25, 0.3) is 0 Å². The van der Waals surface area contributed by atoms with Gasteiger partial charge in [-0.15, -0.1) is 0 Å². The maximum absolute atomic E-state index is 11.9. The molecule has 21 heavy (non-hydrogen) atoms. The SMILES string of the molecule is O.O=C(O)[C@H](Cc1ccc(O)cc1)NC(=O)[C@@H]1CCCN1. The summed E-state index contributed by atoms with van der Waals surface area (Å²) in [6.07, 6.45) is 1.85. The number of benzene rings is 1. The van der Waals surface area contributed by atoms with Crippen molar-refractivity contribution in [2.45, 2.75) is 31.3 Å². The highest BCUT2D eigenvalue weighted by atomic mass is 16.4. The average molecular weight is 296 g/mol. The van der Waals surface area contributed by atoms with Gasteiger partial charge in [-0.1, -0.05) is 12.1 Å². The van der Waals surface area contributed by atoms with Gasteiger partial charge >= 0.3 is 5.97 Å². The molecule has 0 aromatic heterocycles. The second-order valence-electron chi connectivity index (χ2n) is 4.92. The molecule has 7 nitrogen and oxygen atoms in total. The van der Waals surface area contributed by atoms with Crippen molar-refractivity contribution in [3.8, 4) is 5.75 Å². The van der Waals surface area contributed by atoms with E-state index in [1.165, 1.54) is 12.1 Å². The molecule has 2 rings (SSSR count). The number of carboxylic acid groups (broad SMARTS) is 1. The first kappa shape index (κ1) is 16.9. The van der Waals surface area contributed by atoms with E-state index in [1.54, 1.807) is 12.1 Å². The third kappa shape index (κ3) is 4.73. The zero-order chi connectivity index (χ0) is 14.5. The zero-order valence-corrected chi connectivity index (χ0v) is 11.5. The molecule has 1 aliphatic heterocycles. The molecule has 0 aliphatic carbocycles. The maximum atomic E-state index is 11.9. The lowest BCUT2D eigenvalue weighted by Crippen LogP contribution is -2.49. The smallest absolute Gasteiger partial charge is 0.326 e. The highest BCUT2D eigenvalue weighted by molar-refractivity contribution is 5.87. The summed E-state index contributed by atoms with van der Waals surface area (Å²) in [6, 6.07) is 5.02. The van der Waals surface area contributed by atoms with Crippen molar-refractivity contribution >= 4 is 11.9 Å². The van der Waals surface area contributed by atoms with Crippen LogP contribution in [0.2, 0.25) is 0 Å². The number of phenols is 1.